The molecule has 0 aromatic rings. The third-order valence-electron chi connectivity index (χ3n) is 4.28. The van der Waals surface area contributed by atoms with Gasteiger partial charge in [-0.1, -0.05) is 6.92 Å². The standard InChI is InChI=1S/C15H26O6/c1-5-18-13(17)6-11-10(7-16)9(2)14(20-11)12-8-19-15(3,4)21-12/h9-12,14,16H,5-8H2,1-4H3/t9-,10?,11+,12-,14?/m1/s1. The Morgan fingerprint density at radius 2 is 2.14 bits per heavy atom. The Labute approximate surface area is 125 Å². The molecule has 0 radical (unpaired) electrons. The Morgan fingerprint density at radius 1 is 1.43 bits per heavy atom. The number of ether oxygens (including phenoxy) is 4. The lowest BCUT2D eigenvalue weighted by atomic mass is 9.86. The van der Waals surface area contributed by atoms with Gasteiger partial charge in [0.1, 0.15) is 6.10 Å². The van der Waals surface area contributed by atoms with Gasteiger partial charge in [-0.05, 0) is 26.7 Å². The molecule has 21 heavy (non-hydrogen) atoms. The van der Waals surface area contributed by atoms with Crippen LogP contribution in [0.1, 0.15) is 34.1 Å². The molecule has 0 saturated carbocycles. The summed E-state index contributed by atoms with van der Waals surface area (Å²) >= 11 is 0. The second kappa shape index (κ2) is 6.60. The van der Waals surface area contributed by atoms with E-state index in [0.29, 0.717) is 13.2 Å². The van der Waals surface area contributed by atoms with Crippen molar-refractivity contribution in [2.24, 2.45) is 11.8 Å². The summed E-state index contributed by atoms with van der Waals surface area (Å²) in [6, 6.07) is 0. The van der Waals surface area contributed by atoms with Crippen LogP contribution in [0, 0.1) is 11.8 Å². The average molecular weight is 302 g/mol. The fourth-order valence-corrected chi connectivity index (χ4v) is 3.18. The van der Waals surface area contributed by atoms with Gasteiger partial charge in [0.15, 0.2) is 5.79 Å². The second-order valence-electron chi connectivity index (χ2n) is 6.22. The molecule has 2 saturated heterocycles. The van der Waals surface area contributed by atoms with Crippen LogP contribution in [0.2, 0.25) is 0 Å². The van der Waals surface area contributed by atoms with Gasteiger partial charge in [0.25, 0.3) is 0 Å². The Bertz CT molecular complexity index is 369. The summed E-state index contributed by atoms with van der Waals surface area (Å²) in [6.45, 7) is 8.32. The molecule has 2 fully saturated rings. The third-order valence-corrected chi connectivity index (χ3v) is 4.28. The van der Waals surface area contributed by atoms with Crippen molar-refractivity contribution in [3.63, 3.8) is 0 Å². The molecule has 122 valence electrons. The quantitative estimate of drug-likeness (QED) is 0.767. The molecule has 0 spiro atoms. The predicted octanol–water partition coefficient (Wildman–Crippen LogP) is 1.10. The fourth-order valence-electron chi connectivity index (χ4n) is 3.18. The molecule has 5 atom stereocenters. The van der Waals surface area contributed by atoms with E-state index in [0.717, 1.165) is 0 Å². The molecule has 2 unspecified atom stereocenters. The number of aliphatic hydroxyl groups excluding tert-OH is 1. The minimum absolute atomic E-state index is 0.0152. The number of rotatable bonds is 5. The van der Waals surface area contributed by atoms with Gasteiger partial charge in [0.05, 0.1) is 31.8 Å². The second-order valence-corrected chi connectivity index (χ2v) is 6.22. The molecular weight excluding hydrogens is 276 g/mol. The van der Waals surface area contributed by atoms with Gasteiger partial charge < -0.3 is 24.1 Å². The first-order chi connectivity index (χ1) is 9.88. The van der Waals surface area contributed by atoms with Gasteiger partial charge in [0.2, 0.25) is 0 Å². The lowest BCUT2D eigenvalue weighted by molar-refractivity contribution is -0.161. The maximum atomic E-state index is 11.7. The van der Waals surface area contributed by atoms with Crippen molar-refractivity contribution in [2.45, 2.75) is 58.2 Å². The summed E-state index contributed by atoms with van der Waals surface area (Å²) in [4.78, 5) is 11.7. The van der Waals surface area contributed by atoms with Crippen LogP contribution in [0.5, 0.6) is 0 Å². The molecule has 1 N–H and O–H groups in total. The zero-order valence-electron chi connectivity index (χ0n) is 13.2. The maximum absolute atomic E-state index is 11.7. The summed E-state index contributed by atoms with van der Waals surface area (Å²) in [5, 5.41) is 9.61. The van der Waals surface area contributed by atoms with Crippen LogP contribution < -0.4 is 0 Å². The zero-order chi connectivity index (χ0) is 15.6. The van der Waals surface area contributed by atoms with Gasteiger partial charge in [-0.15, -0.1) is 0 Å². The van der Waals surface area contributed by atoms with E-state index in [4.69, 9.17) is 18.9 Å². The molecule has 0 amide bonds. The molecule has 0 aromatic carbocycles. The highest BCUT2D eigenvalue weighted by atomic mass is 16.7. The number of hydrogen-bond donors (Lipinski definition) is 1. The molecule has 2 heterocycles. The smallest absolute Gasteiger partial charge is 0.308 e. The van der Waals surface area contributed by atoms with Crippen molar-refractivity contribution >= 4 is 5.97 Å². The monoisotopic (exact) mass is 302 g/mol. The summed E-state index contributed by atoms with van der Waals surface area (Å²) in [6.07, 6.45) is -0.516. The van der Waals surface area contributed by atoms with Crippen molar-refractivity contribution in [3.8, 4) is 0 Å². The van der Waals surface area contributed by atoms with Crippen molar-refractivity contribution in [3.05, 3.63) is 0 Å². The number of esters is 1. The van der Waals surface area contributed by atoms with E-state index < -0.39 is 5.79 Å². The van der Waals surface area contributed by atoms with E-state index in [2.05, 4.69) is 0 Å². The average Bonchev–Trinajstić information content (AvgIpc) is 2.90. The molecule has 6 nitrogen and oxygen atoms in total. The van der Waals surface area contributed by atoms with E-state index in [9.17, 15) is 9.90 Å². The van der Waals surface area contributed by atoms with Crippen LogP contribution in [0.25, 0.3) is 0 Å². The van der Waals surface area contributed by atoms with Crippen LogP contribution >= 0.6 is 0 Å². The Hall–Kier alpha value is -0.690. The number of aliphatic hydroxyl groups is 1. The Balaban J connectivity index is 2.00. The third kappa shape index (κ3) is 3.74. The minimum Gasteiger partial charge on any atom is -0.466 e. The predicted molar refractivity (Wildman–Crippen MR) is 74.6 cm³/mol. The van der Waals surface area contributed by atoms with E-state index in [1.807, 2.05) is 20.8 Å². The van der Waals surface area contributed by atoms with Gasteiger partial charge in [-0.2, -0.15) is 0 Å². The van der Waals surface area contributed by atoms with Gasteiger partial charge >= 0.3 is 5.97 Å². The van der Waals surface area contributed by atoms with Crippen molar-refractivity contribution in [2.75, 3.05) is 19.8 Å². The van der Waals surface area contributed by atoms with Gasteiger partial charge in [0, 0.05) is 12.5 Å². The van der Waals surface area contributed by atoms with Gasteiger partial charge in [-0.25, -0.2) is 0 Å². The highest BCUT2D eigenvalue weighted by Crippen LogP contribution is 2.39. The molecule has 0 aliphatic carbocycles. The molecule has 2 aliphatic heterocycles. The molecule has 0 bridgehead atoms. The molecule has 2 aliphatic rings. The van der Waals surface area contributed by atoms with Gasteiger partial charge in [-0.3, -0.25) is 4.79 Å². The number of carbonyl (C=O) groups excluding carboxylic acids is 1. The SMILES string of the molecule is CCOC(=O)C[C@@H]1OC([C@H]2COC(C)(C)O2)[C@H](C)C1CO. The van der Waals surface area contributed by atoms with Crippen molar-refractivity contribution in [1.82, 2.24) is 0 Å². The molecule has 0 aromatic heterocycles. The molecule has 6 heteroatoms. The lowest BCUT2D eigenvalue weighted by Crippen LogP contribution is -2.35. The van der Waals surface area contributed by atoms with E-state index in [1.54, 1.807) is 6.92 Å². The molecular formula is C15H26O6. The highest BCUT2D eigenvalue weighted by molar-refractivity contribution is 5.70. The Morgan fingerprint density at radius 3 is 2.67 bits per heavy atom. The summed E-state index contributed by atoms with van der Waals surface area (Å²) in [5.74, 6) is -0.900. The fraction of sp³-hybridized carbons (Fsp3) is 0.933. The highest BCUT2D eigenvalue weighted by Gasteiger charge is 2.49. The van der Waals surface area contributed by atoms with E-state index in [-0.39, 0.29) is 49.1 Å². The first kappa shape index (κ1) is 16.7. The first-order valence-corrected chi connectivity index (χ1v) is 7.61. The van der Waals surface area contributed by atoms with Crippen molar-refractivity contribution in [1.29, 1.82) is 0 Å². The van der Waals surface area contributed by atoms with E-state index in [1.165, 1.54) is 0 Å². The topological polar surface area (TPSA) is 74.2 Å². The zero-order valence-corrected chi connectivity index (χ0v) is 13.2. The van der Waals surface area contributed by atoms with Crippen LogP contribution in [0.4, 0.5) is 0 Å². The lowest BCUT2D eigenvalue weighted by Gasteiger charge is -2.23. The van der Waals surface area contributed by atoms with Crippen LogP contribution in [0.3, 0.4) is 0 Å². The number of carbonyl (C=O) groups is 1. The van der Waals surface area contributed by atoms with E-state index >= 15 is 0 Å². The first-order valence-electron chi connectivity index (χ1n) is 7.61. The summed E-state index contributed by atoms with van der Waals surface area (Å²) in [7, 11) is 0. The van der Waals surface area contributed by atoms with Crippen molar-refractivity contribution < 1.29 is 28.8 Å². The van der Waals surface area contributed by atoms with Crippen LogP contribution in [-0.2, 0) is 23.7 Å². The normalized spacial score (nSPS) is 38.6. The maximum Gasteiger partial charge on any atom is 0.308 e. The number of hydrogen-bond acceptors (Lipinski definition) is 6. The molecule has 2 rings (SSSR count). The van der Waals surface area contributed by atoms with Crippen LogP contribution in [0.15, 0.2) is 0 Å². The Kier molecular flexibility index (Phi) is 5.24. The van der Waals surface area contributed by atoms with Crippen LogP contribution in [-0.4, -0.2) is 55.0 Å². The summed E-state index contributed by atoms with van der Waals surface area (Å²) in [5.41, 5.74) is 0. The minimum atomic E-state index is -0.609. The largest absolute Gasteiger partial charge is 0.466 e. The summed E-state index contributed by atoms with van der Waals surface area (Å²) < 4.78 is 22.4.